The first-order valence-electron chi connectivity index (χ1n) is 8.52. The summed E-state index contributed by atoms with van der Waals surface area (Å²) < 4.78 is 5.77. The summed E-state index contributed by atoms with van der Waals surface area (Å²) in [7, 11) is 1.83. The maximum atomic E-state index is 5.77. The average Bonchev–Trinajstić information content (AvgIpc) is 3.02. The molecule has 0 radical (unpaired) electrons. The van der Waals surface area contributed by atoms with E-state index in [0.29, 0.717) is 12.2 Å². The molecule has 1 fully saturated rings. The van der Waals surface area contributed by atoms with Gasteiger partial charge >= 0.3 is 0 Å². The predicted octanol–water partition coefficient (Wildman–Crippen LogP) is 1.95. The molecule has 5 nitrogen and oxygen atoms in total. The van der Waals surface area contributed by atoms with Gasteiger partial charge in [-0.2, -0.15) is 0 Å². The second-order valence-corrected chi connectivity index (χ2v) is 7.16. The Kier molecular flexibility index (Phi) is 7.85. The molecule has 6 heteroatoms. The van der Waals surface area contributed by atoms with Crippen LogP contribution in [0.1, 0.15) is 25.1 Å². The number of nitrogens with zero attached hydrogens (tertiary/aromatic N) is 2. The Hall–Kier alpha value is -1.11. The summed E-state index contributed by atoms with van der Waals surface area (Å²) in [5.41, 5.74) is 0. The van der Waals surface area contributed by atoms with Crippen LogP contribution < -0.4 is 10.6 Å². The summed E-state index contributed by atoms with van der Waals surface area (Å²) in [5.74, 6) is 0.894. The predicted molar refractivity (Wildman–Crippen MR) is 98.5 cm³/mol. The highest BCUT2D eigenvalue weighted by atomic mass is 32.1. The molecule has 1 aliphatic heterocycles. The second kappa shape index (κ2) is 9.90. The number of hydrogen-bond acceptors (Lipinski definition) is 4. The van der Waals surface area contributed by atoms with Gasteiger partial charge in [0.1, 0.15) is 0 Å². The zero-order valence-corrected chi connectivity index (χ0v) is 15.4. The highest BCUT2D eigenvalue weighted by Gasteiger charge is 2.21. The first-order valence-corrected chi connectivity index (χ1v) is 9.40. The van der Waals surface area contributed by atoms with E-state index in [1.165, 1.54) is 4.88 Å². The smallest absolute Gasteiger partial charge is 0.190 e. The van der Waals surface area contributed by atoms with Gasteiger partial charge in [-0.05, 0) is 38.1 Å². The van der Waals surface area contributed by atoms with E-state index in [1.807, 2.05) is 7.05 Å². The van der Waals surface area contributed by atoms with Crippen LogP contribution in [-0.2, 0) is 11.2 Å². The molecule has 1 saturated heterocycles. The minimum atomic E-state index is 0.346. The van der Waals surface area contributed by atoms with Crippen LogP contribution in [0.4, 0.5) is 0 Å². The number of guanidine groups is 1. The third kappa shape index (κ3) is 6.89. The number of hydrogen-bond donors (Lipinski definition) is 2. The van der Waals surface area contributed by atoms with Crippen molar-refractivity contribution in [1.29, 1.82) is 0 Å². The highest BCUT2D eigenvalue weighted by molar-refractivity contribution is 7.09. The normalized spacial score (nSPS) is 23.0. The first kappa shape index (κ1) is 18.2. The lowest BCUT2D eigenvalue weighted by atomic mass is 10.2. The monoisotopic (exact) mass is 338 g/mol. The number of morpholine rings is 1. The lowest BCUT2D eigenvalue weighted by Gasteiger charge is -2.35. The van der Waals surface area contributed by atoms with Gasteiger partial charge in [-0.1, -0.05) is 6.07 Å². The average molecular weight is 339 g/mol. The van der Waals surface area contributed by atoms with Gasteiger partial charge in [-0.3, -0.25) is 9.89 Å². The van der Waals surface area contributed by atoms with Crippen LogP contribution in [0.5, 0.6) is 0 Å². The van der Waals surface area contributed by atoms with Crippen molar-refractivity contribution in [2.24, 2.45) is 4.99 Å². The van der Waals surface area contributed by atoms with Gasteiger partial charge in [0.25, 0.3) is 0 Å². The molecule has 2 N–H and O–H groups in total. The van der Waals surface area contributed by atoms with Crippen LogP contribution >= 0.6 is 11.3 Å². The summed E-state index contributed by atoms with van der Waals surface area (Å²) in [6.45, 7) is 9.35. The van der Waals surface area contributed by atoms with E-state index < -0.39 is 0 Å². The molecule has 1 aromatic heterocycles. The summed E-state index contributed by atoms with van der Waals surface area (Å²) in [6.07, 6.45) is 2.85. The summed E-state index contributed by atoms with van der Waals surface area (Å²) in [5, 5.41) is 8.89. The van der Waals surface area contributed by atoms with Crippen LogP contribution in [0.3, 0.4) is 0 Å². The fourth-order valence-electron chi connectivity index (χ4n) is 2.96. The molecule has 2 rings (SSSR count). The largest absolute Gasteiger partial charge is 0.373 e. The van der Waals surface area contributed by atoms with Gasteiger partial charge in [0.2, 0.25) is 0 Å². The molecule has 0 aromatic carbocycles. The Labute approximate surface area is 144 Å². The topological polar surface area (TPSA) is 48.9 Å². The number of thiophene rings is 1. The zero-order chi connectivity index (χ0) is 16.5. The second-order valence-electron chi connectivity index (χ2n) is 6.13. The third-order valence-corrected chi connectivity index (χ3v) is 4.84. The maximum Gasteiger partial charge on any atom is 0.190 e. The Balaban J connectivity index is 1.56. The number of ether oxygens (including phenoxy) is 1. The Morgan fingerprint density at radius 1 is 1.30 bits per heavy atom. The molecule has 0 spiro atoms. The van der Waals surface area contributed by atoms with E-state index in [1.54, 1.807) is 11.3 Å². The van der Waals surface area contributed by atoms with Crippen molar-refractivity contribution in [2.45, 2.75) is 38.9 Å². The van der Waals surface area contributed by atoms with E-state index >= 15 is 0 Å². The van der Waals surface area contributed by atoms with Crippen LogP contribution in [0, 0.1) is 0 Å². The van der Waals surface area contributed by atoms with Gasteiger partial charge in [0.05, 0.1) is 12.2 Å². The zero-order valence-electron chi connectivity index (χ0n) is 14.5. The van der Waals surface area contributed by atoms with Crippen molar-refractivity contribution in [1.82, 2.24) is 15.5 Å². The van der Waals surface area contributed by atoms with E-state index in [-0.39, 0.29) is 0 Å². The van der Waals surface area contributed by atoms with Crippen molar-refractivity contribution >= 4 is 17.3 Å². The minimum Gasteiger partial charge on any atom is -0.373 e. The Morgan fingerprint density at radius 2 is 2.04 bits per heavy atom. The summed E-state index contributed by atoms with van der Waals surface area (Å²) in [4.78, 5) is 8.18. The molecular formula is C17H30N4OS. The molecular weight excluding hydrogens is 308 g/mol. The fraction of sp³-hybridized carbons (Fsp3) is 0.706. The minimum absolute atomic E-state index is 0.346. The fourth-order valence-corrected chi connectivity index (χ4v) is 3.66. The SMILES string of the molecule is CN=C(NCCCN1CC(C)OC(C)C1)NCCc1cccs1. The van der Waals surface area contributed by atoms with Gasteiger partial charge < -0.3 is 15.4 Å². The van der Waals surface area contributed by atoms with Crippen LogP contribution in [0.15, 0.2) is 22.5 Å². The summed E-state index contributed by atoms with van der Waals surface area (Å²) >= 11 is 1.80. The molecule has 130 valence electrons. The van der Waals surface area contributed by atoms with Crippen molar-refractivity contribution < 1.29 is 4.74 Å². The molecule has 2 heterocycles. The summed E-state index contributed by atoms with van der Waals surface area (Å²) in [6, 6.07) is 4.27. The maximum absolute atomic E-state index is 5.77. The van der Waals surface area contributed by atoms with Crippen LogP contribution in [0.25, 0.3) is 0 Å². The van der Waals surface area contributed by atoms with Crippen molar-refractivity contribution in [3.63, 3.8) is 0 Å². The van der Waals surface area contributed by atoms with Gasteiger partial charge in [-0.25, -0.2) is 0 Å². The van der Waals surface area contributed by atoms with Gasteiger partial charge in [0, 0.05) is 44.6 Å². The van der Waals surface area contributed by atoms with Crippen LogP contribution in [-0.4, -0.2) is 62.8 Å². The van der Waals surface area contributed by atoms with Crippen molar-refractivity contribution in [3.8, 4) is 0 Å². The standard InChI is InChI=1S/C17H30N4OS/c1-14-12-21(13-15(2)22-14)10-5-8-19-17(18-3)20-9-7-16-6-4-11-23-16/h4,6,11,14-15H,5,7-10,12-13H2,1-3H3,(H2,18,19,20). The van der Waals surface area contributed by atoms with Gasteiger partial charge in [-0.15, -0.1) is 11.3 Å². The van der Waals surface area contributed by atoms with E-state index in [9.17, 15) is 0 Å². The van der Waals surface area contributed by atoms with Crippen LogP contribution in [0.2, 0.25) is 0 Å². The molecule has 0 aliphatic carbocycles. The quantitative estimate of drug-likeness (QED) is 0.453. The molecule has 1 aliphatic rings. The lowest BCUT2D eigenvalue weighted by molar-refractivity contribution is -0.0679. The Bertz CT molecular complexity index is 453. The van der Waals surface area contributed by atoms with E-state index in [4.69, 9.17) is 4.74 Å². The molecule has 2 unspecified atom stereocenters. The highest BCUT2D eigenvalue weighted by Crippen LogP contribution is 2.10. The van der Waals surface area contributed by atoms with E-state index in [2.05, 4.69) is 51.9 Å². The molecule has 0 bridgehead atoms. The first-order chi connectivity index (χ1) is 11.2. The molecule has 2 atom stereocenters. The molecule has 0 amide bonds. The molecule has 1 aromatic rings. The van der Waals surface area contributed by atoms with Crippen molar-refractivity contribution in [3.05, 3.63) is 22.4 Å². The lowest BCUT2D eigenvalue weighted by Crippen LogP contribution is -2.46. The third-order valence-electron chi connectivity index (χ3n) is 3.91. The van der Waals surface area contributed by atoms with E-state index in [0.717, 1.165) is 51.5 Å². The number of nitrogens with one attached hydrogen (secondary N) is 2. The number of aliphatic imine (C=N–C) groups is 1. The number of rotatable bonds is 7. The van der Waals surface area contributed by atoms with Gasteiger partial charge in [0.15, 0.2) is 5.96 Å². The molecule has 23 heavy (non-hydrogen) atoms. The molecule has 0 saturated carbocycles. The van der Waals surface area contributed by atoms with Crippen molar-refractivity contribution in [2.75, 3.05) is 39.8 Å². The Morgan fingerprint density at radius 3 is 2.70 bits per heavy atom.